The highest BCUT2D eigenvalue weighted by atomic mass is 16.5. The SMILES string of the molecule is COC(=O)c1ccccc1NC(=O)COC(=O)c1ccc(C)cc1C. The molecule has 0 fully saturated rings. The van der Waals surface area contributed by atoms with Crippen LogP contribution < -0.4 is 5.32 Å². The first-order chi connectivity index (χ1) is 11.9. The minimum atomic E-state index is -0.575. The third kappa shape index (κ3) is 4.67. The highest BCUT2D eigenvalue weighted by molar-refractivity contribution is 6.02. The largest absolute Gasteiger partial charge is 0.465 e. The van der Waals surface area contributed by atoms with Gasteiger partial charge < -0.3 is 14.8 Å². The summed E-state index contributed by atoms with van der Waals surface area (Å²) >= 11 is 0. The normalized spacial score (nSPS) is 10.0. The van der Waals surface area contributed by atoms with Gasteiger partial charge in [-0.25, -0.2) is 9.59 Å². The number of aryl methyl sites for hydroxylation is 2. The van der Waals surface area contributed by atoms with E-state index in [0.29, 0.717) is 11.3 Å². The summed E-state index contributed by atoms with van der Waals surface area (Å²) in [6, 6.07) is 11.8. The van der Waals surface area contributed by atoms with Gasteiger partial charge in [0.05, 0.1) is 23.9 Å². The Morgan fingerprint density at radius 3 is 2.36 bits per heavy atom. The summed E-state index contributed by atoms with van der Waals surface area (Å²) in [5, 5.41) is 2.54. The van der Waals surface area contributed by atoms with E-state index in [1.165, 1.54) is 13.2 Å². The van der Waals surface area contributed by atoms with Crippen molar-refractivity contribution in [2.45, 2.75) is 13.8 Å². The van der Waals surface area contributed by atoms with Crippen molar-refractivity contribution in [1.82, 2.24) is 0 Å². The van der Waals surface area contributed by atoms with Gasteiger partial charge in [0.2, 0.25) is 0 Å². The van der Waals surface area contributed by atoms with Crippen LogP contribution in [0.25, 0.3) is 0 Å². The smallest absolute Gasteiger partial charge is 0.339 e. The fourth-order valence-corrected chi connectivity index (χ4v) is 2.32. The highest BCUT2D eigenvalue weighted by Gasteiger charge is 2.16. The van der Waals surface area contributed by atoms with E-state index in [1.807, 2.05) is 13.0 Å². The molecule has 0 bridgehead atoms. The van der Waals surface area contributed by atoms with Crippen LogP contribution in [0.4, 0.5) is 5.69 Å². The van der Waals surface area contributed by atoms with Gasteiger partial charge in [-0.15, -0.1) is 0 Å². The second-order valence-electron chi connectivity index (χ2n) is 5.48. The van der Waals surface area contributed by atoms with Gasteiger partial charge in [0, 0.05) is 0 Å². The maximum atomic E-state index is 12.1. The quantitative estimate of drug-likeness (QED) is 0.846. The van der Waals surface area contributed by atoms with Crippen LogP contribution in [-0.2, 0) is 14.3 Å². The van der Waals surface area contributed by atoms with E-state index in [9.17, 15) is 14.4 Å². The maximum absolute atomic E-state index is 12.1. The van der Waals surface area contributed by atoms with Crippen LogP contribution in [0.5, 0.6) is 0 Å². The summed E-state index contributed by atoms with van der Waals surface area (Å²) in [7, 11) is 1.26. The van der Waals surface area contributed by atoms with Crippen LogP contribution in [0.15, 0.2) is 42.5 Å². The lowest BCUT2D eigenvalue weighted by atomic mass is 10.1. The Morgan fingerprint density at radius 2 is 1.68 bits per heavy atom. The van der Waals surface area contributed by atoms with Gasteiger partial charge in [0.15, 0.2) is 6.61 Å². The van der Waals surface area contributed by atoms with Crippen molar-refractivity contribution in [2.24, 2.45) is 0 Å². The van der Waals surface area contributed by atoms with E-state index in [0.717, 1.165) is 11.1 Å². The summed E-state index contributed by atoms with van der Waals surface area (Å²) in [6.45, 7) is 3.27. The zero-order chi connectivity index (χ0) is 18.4. The molecule has 1 N–H and O–H groups in total. The molecule has 130 valence electrons. The number of methoxy groups -OCH3 is 1. The number of rotatable bonds is 5. The van der Waals surface area contributed by atoms with Crippen molar-refractivity contribution >= 4 is 23.5 Å². The molecule has 0 aliphatic rings. The molecular formula is C19H19NO5. The maximum Gasteiger partial charge on any atom is 0.339 e. The molecule has 2 aromatic carbocycles. The third-order valence-electron chi connectivity index (χ3n) is 3.54. The van der Waals surface area contributed by atoms with Crippen molar-refractivity contribution in [3.05, 3.63) is 64.7 Å². The van der Waals surface area contributed by atoms with Gasteiger partial charge in [0.25, 0.3) is 5.91 Å². The zero-order valence-electron chi connectivity index (χ0n) is 14.3. The number of ether oxygens (including phenoxy) is 2. The number of benzene rings is 2. The second-order valence-corrected chi connectivity index (χ2v) is 5.48. The minimum absolute atomic E-state index is 0.221. The fraction of sp³-hybridized carbons (Fsp3) is 0.211. The lowest BCUT2D eigenvalue weighted by Gasteiger charge is -2.10. The molecule has 6 nitrogen and oxygen atoms in total. The number of hydrogen-bond donors (Lipinski definition) is 1. The summed E-state index contributed by atoms with van der Waals surface area (Å²) in [5.41, 5.74) is 2.74. The topological polar surface area (TPSA) is 81.7 Å². The summed E-state index contributed by atoms with van der Waals surface area (Å²) in [4.78, 5) is 35.8. The number of hydrogen-bond acceptors (Lipinski definition) is 5. The van der Waals surface area contributed by atoms with Crippen LogP contribution in [0.2, 0.25) is 0 Å². The van der Waals surface area contributed by atoms with E-state index in [4.69, 9.17) is 4.74 Å². The van der Waals surface area contributed by atoms with Gasteiger partial charge in [-0.05, 0) is 37.6 Å². The number of para-hydroxylation sites is 1. The molecule has 25 heavy (non-hydrogen) atoms. The van der Waals surface area contributed by atoms with Gasteiger partial charge in [-0.3, -0.25) is 4.79 Å². The van der Waals surface area contributed by atoms with Crippen LogP contribution in [0.3, 0.4) is 0 Å². The summed E-state index contributed by atoms with van der Waals surface area (Å²) < 4.78 is 9.70. The van der Waals surface area contributed by atoms with Crippen molar-refractivity contribution in [3.63, 3.8) is 0 Å². The molecule has 0 radical (unpaired) electrons. The predicted molar refractivity (Wildman–Crippen MR) is 92.6 cm³/mol. The molecule has 0 aromatic heterocycles. The molecule has 6 heteroatoms. The van der Waals surface area contributed by atoms with Crippen molar-refractivity contribution in [3.8, 4) is 0 Å². The Kier molecular flexibility index (Phi) is 5.89. The van der Waals surface area contributed by atoms with Crippen LogP contribution in [0.1, 0.15) is 31.8 Å². The Labute approximate surface area is 145 Å². The number of amides is 1. The highest BCUT2D eigenvalue weighted by Crippen LogP contribution is 2.16. The average Bonchev–Trinajstić information content (AvgIpc) is 2.59. The molecule has 2 rings (SSSR count). The molecule has 2 aromatic rings. The molecule has 0 heterocycles. The average molecular weight is 341 g/mol. The molecule has 0 saturated carbocycles. The first-order valence-corrected chi connectivity index (χ1v) is 7.64. The molecule has 0 aliphatic heterocycles. The van der Waals surface area contributed by atoms with Crippen molar-refractivity contribution < 1.29 is 23.9 Å². The van der Waals surface area contributed by atoms with Crippen molar-refractivity contribution in [2.75, 3.05) is 19.0 Å². The van der Waals surface area contributed by atoms with Gasteiger partial charge in [-0.1, -0.05) is 29.8 Å². The lowest BCUT2D eigenvalue weighted by molar-refractivity contribution is -0.119. The van der Waals surface area contributed by atoms with E-state index >= 15 is 0 Å². The molecule has 0 saturated heterocycles. The number of carbonyl (C=O) groups excluding carboxylic acids is 3. The summed E-state index contributed by atoms with van der Waals surface area (Å²) in [5.74, 6) is -1.69. The molecule has 0 atom stereocenters. The minimum Gasteiger partial charge on any atom is -0.465 e. The monoisotopic (exact) mass is 341 g/mol. The molecular weight excluding hydrogens is 322 g/mol. The molecule has 1 amide bonds. The lowest BCUT2D eigenvalue weighted by Crippen LogP contribution is -2.22. The summed E-state index contributed by atoms with van der Waals surface area (Å²) in [6.07, 6.45) is 0. The Morgan fingerprint density at radius 1 is 0.960 bits per heavy atom. The Bertz CT molecular complexity index is 813. The number of nitrogens with one attached hydrogen (secondary N) is 1. The Balaban J connectivity index is 1.99. The number of esters is 2. The van der Waals surface area contributed by atoms with Crippen molar-refractivity contribution in [1.29, 1.82) is 0 Å². The molecule has 0 aliphatic carbocycles. The van der Waals surface area contributed by atoms with E-state index in [1.54, 1.807) is 37.3 Å². The molecule has 0 spiro atoms. The zero-order valence-corrected chi connectivity index (χ0v) is 14.3. The van der Waals surface area contributed by atoms with Gasteiger partial charge in [0.1, 0.15) is 0 Å². The first kappa shape index (κ1) is 18.2. The van der Waals surface area contributed by atoms with E-state index in [-0.39, 0.29) is 5.56 Å². The number of anilines is 1. The first-order valence-electron chi connectivity index (χ1n) is 7.64. The second kappa shape index (κ2) is 8.10. The van der Waals surface area contributed by atoms with Crippen LogP contribution in [-0.4, -0.2) is 31.6 Å². The predicted octanol–water partition coefficient (Wildman–Crippen LogP) is 2.89. The van der Waals surface area contributed by atoms with Gasteiger partial charge in [-0.2, -0.15) is 0 Å². The number of carbonyl (C=O) groups is 3. The van der Waals surface area contributed by atoms with Crippen LogP contribution >= 0.6 is 0 Å². The van der Waals surface area contributed by atoms with Gasteiger partial charge >= 0.3 is 11.9 Å². The van der Waals surface area contributed by atoms with Crippen LogP contribution in [0, 0.1) is 13.8 Å². The van der Waals surface area contributed by atoms with E-state index < -0.39 is 24.5 Å². The Hall–Kier alpha value is -3.15. The molecule has 0 unspecified atom stereocenters. The standard InChI is InChI=1S/C19H19NO5/c1-12-8-9-14(13(2)10-12)19(23)25-11-17(21)20-16-7-5-4-6-15(16)18(22)24-3/h4-10H,11H2,1-3H3,(H,20,21). The van der Waals surface area contributed by atoms with E-state index in [2.05, 4.69) is 10.1 Å². The fourth-order valence-electron chi connectivity index (χ4n) is 2.32. The third-order valence-corrected chi connectivity index (χ3v) is 3.54.